The second-order valence-corrected chi connectivity index (χ2v) is 9.87. The van der Waals surface area contributed by atoms with Crippen molar-refractivity contribution in [3.05, 3.63) is 82.0 Å². The predicted molar refractivity (Wildman–Crippen MR) is 129 cm³/mol. The van der Waals surface area contributed by atoms with Gasteiger partial charge in [0.25, 0.3) is 11.8 Å². The third-order valence-electron chi connectivity index (χ3n) is 7.20. The molecule has 166 valence electrons. The van der Waals surface area contributed by atoms with Gasteiger partial charge in [-0.3, -0.25) is 9.59 Å². The van der Waals surface area contributed by atoms with Gasteiger partial charge < -0.3 is 4.57 Å². The van der Waals surface area contributed by atoms with Gasteiger partial charge in [0.2, 0.25) is 0 Å². The number of aromatic nitrogens is 1. The van der Waals surface area contributed by atoms with Crippen LogP contribution in [0.2, 0.25) is 10.0 Å². The minimum absolute atomic E-state index is 0.157. The SMILES string of the molecule is O=C1C2C3C=CC(CC3)C2C(=O)N1N=Cc1cn(Cc2ccc(Cl)c(Cl)c2)c2ccccc12. The van der Waals surface area contributed by atoms with Crippen molar-refractivity contribution >= 4 is 52.1 Å². The summed E-state index contributed by atoms with van der Waals surface area (Å²) >= 11 is 12.3. The standard InChI is InChI=1S/C26H21Cl2N3O2/c27-20-10-5-15(11-21(20)28)13-30-14-18(19-3-1-2-4-22(19)30)12-29-31-25(32)23-16-6-7-17(9-8-16)24(23)26(31)33/h1-7,10-12,14,16-17,23-24H,8-9,13H2. The fraction of sp³-hybridized carbons (Fsp3) is 0.269. The minimum Gasteiger partial charge on any atom is -0.342 e. The van der Waals surface area contributed by atoms with Crippen molar-refractivity contribution < 1.29 is 9.59 Å². The summed E-state index contributed by atoms with van der Waals surface area (Å²) < 4.78 is 2.10. The van der Waals surface area contributed by atoms with Crippen LogP contribution in [0.5, 0.6) is 0 Å². The Balaban J connectivity index is 1.32. The number of hydrogen-bond acceptors (Lipinski definition) is 3. The highest BCUT2D eigenvalue weighted by molar-refractivity contribution is 6.42. The van der Waals surface area contributed by atoms with Gasteiger partial charge in [-0.05, 0) is 48.4 Å². The molecule has 7 heteroatoms. The maximum absolute atomic E-state index is 13.1. The number of halogens is 2. The molecular formula is C26H21Cl2N3O2. The molecule has 33 heavy (non-hydrogen) atoms. The molecule has 3 aromatic rings. The molecule has 1 aliphatic heterocycles. The third-order valence-corrected chi connectivity index (χ3v) is 7.94. The van der Waals surface area contributed by atoms with E-state index in [1.807, 2.05) is 42.6 Å². The monoisotopic (exact) mass is 477 g/mol. The average Bonchev–Trinajstić information content (AvgIpc) is 3.31. The van der Waals surface area contributed by atoms with Crippen molar-refractivity contribution in [1.82, 2.24) is 9.58 Å². The van der Waals surface area contributed by atoms with E-state index in [4.69, 9.17) is 23.2 Å². The zero-order valence-corrected chi connectivity index (χ0v) is 19.2. The molecule has 4 aliphatic rings. The van der Waals surface area contributed by atoms with E-state index >= 15 is 0 Å². The molecule has 0 spiro atoms. The molecule has 3 aliphatic carbocycles. The van der Waals surface area contributed by atoms with Gasteiger partial charge in [-0.2, -0.15) is 10.1 Å². The molecular weight excluding hydrogens is 457 g/mol. The number of allylic oxidation sites excluding steroid dienone is 2. The van der Waals surface area contributed by atoms with Crippen molar-refractivity contribution in [2.24, 2.45) is 28.8 Å². The molecule has 4 unspecified atom stereocenters. The van der Waals surface area contributed by atoms with Crippen LogP contribution in [0.15, 0.2) is 65.9 Å². The lowest BCUT2D eigenvalue weighted by molar-refractivity contribution is -0.140. The quantitative estimate of drug-likeness (QED) is 0.282. The van der Waals surface area contributed by atoms with Crippen molar-refractivity contribution in [3.8, 4) is 0 Å². The van der Waals surface area contributed by atoms with Crippen molar-refractivity contribution in [2.75, 3.05) is 0 Å². The van der Waals surface area contributed by atoms with Crippen LogP contribution in [0.3, 0.4) is 0 Å². The number of carbonyl (C=O) groups excluding carboxylic acids is 2. The number of rotatable bonds is 4. The van der Waals surface area contributed by atoms with Gasteiger partial charge in [0.15, 0.2) is 0 Å². The van der Waals surface area contributed by atoms with E-state index in [0.29, 0.717) is 16.6 Å². The molecule has 0 N–H and O–H groups in total. The molecule has 2 bridgehead atoms. The van der Waals surface area contributed by atoms with Crippen LogP contribution < -0.4 is 0 Å². The summed E-state index contributed by atoms with van der Waals surface area (Å²) in [5.74, 6) is -0.530. The maximum atomic E-state index is 13.1. The molecule has 5 nitrogen and oxygen atoms in total. The van der Waals surface area contributed by atoms with Gasteiger partial charge in [0, 0.05) is 29.2 Å². The van der Waals surface area contributed by atoms with E-state index in [9.17, 15) is 9.59 Å². The number of para-hydroxylation sites is 1. The fourth-order valence-corrected chi connectivity index (χ4v) is 5.96. The minimum atomic E-state index is -0.255. The lowest BCUT2D eigenvalue weighted by atomic mass is 9.63. The third kappa shape index (κ3) is 3.33. The Hall–Kier alpha value is -2.89. The number of carbonyl (C=O) groups is 2. The van der Waals surface area contributed by atoms with Crippen molar-refractivity contribution in [3.63, 3.8) is 0 Å². The molecule has 4 atom stereocenters. The molecule has 7 rings (SSSR count). The lowest BCUT2D eigenvalue weighted by Gasteiger charge is -2.37. The summed E-state index contributed by atoms with van der Waals surface area (Å²) in [4.78, 5) is 26.1. The molecule has 0 radical (unpaired) electrons. The summed E-state index contributed by atoms with van der Waals surface area (Å²) in [5.41, 5.74) is 2.90. The molecule has 1 saturated heterocycles. The number of benzene rings is 2. The summed E-state index contributed by atoms with van der Waals surface area (Å²) in [6, 6.07) is 13.6. The largest absolute Gasteiger partial charge is 0.342 e. The Bertz CT molecular complexity index is 1330. The fourth-order valence-electron chi connectivity index (χ4n) is 5.64. The Morgan fingerprint density at radius 2 is 1.64 bits per heavy atom. The van der Waals surface area contributed by atoms with Gasteiger partial charge in [-0.1, -0.05) is 59.6 Å². The van der Waals surface area contributed by atoms with Gasteiger partial charge >= 0.3 is 0 Å². The first-order chi connectivity index (χ1) is 16.0. The molecule has 2 heterocycles. The van der Waals surface area contributed by atoms with Crippen LogP contribution in [0.1, 0.15) is 24.0 Å². The maximum Gasteiger partial charge on any atom is 0.254 e. The highest BCUT2D eigenvalue weighted by Gasteiger charge is 2.56. The van der Waals surface area contributed by atoms with E-state index in [1.54, 1.807) is 12.3 Å². The van der Waals surface area contributed by atoms with Crippen LogP contribution >= 0.6 is 23.2 Å². The number of nitrogens with zero attached hydrogens (tertiary/aromatic N) is 3. The predicted octanol–water partition coefficient (Wildman–Crippen LogP) is 5.53. The second kappa shape index (κ2) is 7.86. The molecule has 2 aromatic carbocycles. The molecule has 1 aromatic heterocycles. The smallest absolute Gasteiger partial charge is 0.254 e. The van der Waals surface area contributed by atoms with Crippen LogP contribution in [0, 0.1) is 23.7 Å². The van der Waals surface area contributed by atoms with E-state index in [0.717, 1.165) is 39.9 Å². The highest BCUT2D eigenvalue weighted by atomic mass is 35.5. The summed E-state index contributed by atoms with van der Waals surface area (Å²) in [5, 5.41) is 7.55. The topological polar surface area (TPSA) is 54.7 Å². The van der Waals surface area contributed by atoms with Crippen LogP contribution in [0.4, 0.5) is 0 Å². The number of amides is 2. The van der Waals surface area contributed by atoms with Crippen molar-refractivity contribution in [1.29, 1.82) is 0 Å². The van der Waals surface area contributed by atoms with Gasteiger partial charge in [0.05, 0.1) is 28.1 Å². The zero-order valence-electron chi connectivity index (χ0n) is 17.7. The van der Waals surface area contributed by atoms with Gasteiger partial charge in [0.1, 0.15) is 0 Å². The zero-order chi connectivity index (χ0) is 22.7. The normalized spacial score (nSPS) is 26.2. The van der Waals surface area contributed by atoms with Crippen LogP contribution in [0.25, 0.3) is 10.9 Å². The van der Waals surface area contributed by atoms with E-state index in [2.05, 4.69) is 21.8 Å². The van der Waals surface area contributed by atoms with E-state index in [-0.39, 0.29) is 35.5 Å². The Morgan fingerprint density at radius 3 is 2.30 bits per heavy atom. The number of fused-ring (bicyclic) bond motifs is 2. The molecule has 2 amide bonds. The Labute approximate surface area is 201 Å². The molecule has 2 fully saturated rings. The summed E-state index contributed by atoms with van der Waals surface area (Å²) in [6.45, 7) is 0.603. The Morgan fingerprint density at radius 1 is 0.939 bits per heavy atom. The van der Waals surface area contributed by atoms with Gasteiger partial charge in [-0.15, -0.1) is 0 Å². The van der Waals surface area contributed by atoms with E-state index < -0.39 is 0 Å². The number of hydrogen-bond donors (Lipinski definition) is 0. The second-order valence-electron chi connectivity index (χ2n) is 9.05. The molecule has 1 saturated carbocycles. The van der Waals surface area contributed by atoms with Gasteiger partial charge in [-0.25, -0.2) is 0 Å². The highest BCUT2D eigenvalue weighted by Crippen LogP contribution is 2.49. The van der Waals surface area contributed by atoms with E-state index in [1.165, 1.54) is 0 Å². The van der Waals surface area contributed by atoms with Crippen LogP contribution in [-0.4, -0.2) is 27.6 Å². The van der Waals surface area contributed by atoms with Crippen LogP contribution in [-0.2, 0) is 16.1 Å². The Kier molecular flexibility index (Phi) is 4.93. The first-order valence-corrected chi connectivity index (χ1v) is 11.9. The first kappa shape index (κ1) is 20.7. The number of hydrazone groups is 1. The van der Waals surface area contributed by atoms with Crippen molar-refractivity contribution in [2.45, 2.75) is 19.4 Å². The average molecular weight is 478 g/mol. The number of imide groups is 1. The lowest BCUT2D eigenvalue weighted by Crippen LogP contribution is -2.38. The first-order valence-electron chi connectivity index (χ1n) is 11.1. The summed E-state index contributed by atoms with van der Waals surface area (Å²) in [6.07, 6.45) is 9.80. The summed E-state index contributed by atoms with van der Waals surface area (Å²) in [7, 11) is 0.